The van der Waals surface area contributed by atoms with Crippen molar-refractivity contribution < 1.29 is 5.11 Å². The fourth-order valence-electron chi connectivity index (χ4n) is 1.82. The van der Waals surface area contributed by atoms with E-state index in [4.69, 9.17) is 0 Å². The van der Waals surface area contributed by atoms with Gasteiger partial charge in [0.05, 0.1) is 5.60 Å². The van der Waals surface area contributed by atoms with Crippen molar-refractivity contribution in [2.24, 2.45) is 11.3 Å². The van der Waals surface area contributed by atoms with Crippen LogP contribution in [0.25, 0.3) is 0 Å². The first-order valence-corrected chi connectivity index (χ1v) is 5.59. The van der Waals surface area contributed by atoms with Crippen molar-refractivity contribution in [3.63, 3.8) is 0 Å². The van der Waals surface area contributed by atoms with E-state index in [2.05, 4.69) is 32.6 Å². The number of nitrogens with zero attached hydrogens (tertiary/aromatic N) is 1. The normalized spacial score (nSPS) is 23.4. The molecule has 84 valence electrons. The third kappa shape index (κ3) is 2.48. The summed E-state index contributed by atoms with van der Waals surface area (Å²) in [6.07, 6.45) is 0. The Kier molecular flexibility index (Phi) is 2.99. The number of aliphatic hydroxyl groups is 1. The number of rotatable bonds is 2. The van der Waals surface area contributed by atoms with E-state index in [0.29, 0.717) is 5.41 Å². The summed E-state index contributed by atoms with van der Waals surface area (Å²) in [5, 5.41) is 9.87. The second kappa shape index (κ2) is 3.49. The van der Waals surface area contributed by atoms with Gasteiger partial charge in [-0.1, -0.05) is 20.8 Å². The molecule has 0 aromatic carbocycles. The van der Waals surface area contributed by atoms with Gasteiger partial charge in [0.25, 0.3) is 0 Å². The van der Waals surface area contributed by atoms with Gasteiger partial charge in [0.1, 0.15) is 0 Å². The molecule has 1 rings (SSSR count). The van der Waals surface area contributed by atoms with Crippen molar-refractivity contribution in [1.82, 2.24) is 4.90 Å². The predicted molar refractivity (Wildman–Crippen MR) is 60.3 cm³/mol. The van der Waals surface area contributed by atoms with Crippen LogP contribution in [0.3, 0.4) is 0 Å². The zero-order valence-electron chi connectivity index (χ0n) is 10.5. The van der Waals surface area contributed by atoms with E-state index in [-0.39, 0.29) is 6.04 Å². The highest BCUT2D eigenvalue weighted by molar-refractivity contribution is 4.94. The van der Waals surface area contributed by atoms with Crippen molar-refractivity contribution in [3.05, 3.63) is 0 Å². The highest BCUT2D eigenvalue weighted by Gasteiger charge is 2.41. The van der Waals surface area contributed by atoms with Gasteiger partial charge in [-0.05, 0) is 32.1 Å². The van der Waals surface area contributed by atoms with E-state index in [1.807, 2.05) is 13.8 Å². The van der Waals surface area contributed by atoms with Gasteiger partial charge in [0.2, 0.25) is 0 Å². The molecule has 0 bridgehead atoms. The minimum atomic E-state index is -0.581. The molecule has 1 atom stereocenters. The molecule has 1 unspecified atom stereocenters. The standard InChI is InChI=1S/C12H25NO/c1-9(12(5,6)14)13-7-10(8-13)11(2,3)4/h9-10,14H,7-8H2,1-6H3. The second-order valence-electron chi connectivity index (χ2n) is 6.35. The van der Waals surface area contributed by atoms with Gasteiger partial charge in [-0.3, -0.25) is 4.90 Å². The first-order chi connectivity index (χ1) is 6.12. The number of hydrogen-bond acceptors (Lipinski definition) is 2. The first-order valence-electron chi connectivity index (χ1n) is 5.59. The van der Waals surface area contributed by atoms with Crippen molar-refractivity contribution in [2.75, 3.05) is 13.1 Å². The molecule has 2 heteroatoms. The zero-order chi connectivity index (χ0) is 11.1. The van der Waals surface area contributed by atoms with E-state index >= 15 is 0 Å². The summed E-state index contributed by atoms with van der Waals surface area (Å²) in [6.45, 7) is 15.0. The second-order valence-corrected chi connectivity index (χ2v) is 6.35. The Hall–Kier alpha value is -0.0800. The molecule has 0 amide bonds. The maximum absolute atomic E-state index is 9.87. The molecule has 1 heterocycles. The van der Waals surface area contributed by atoms with Crippen LogP contribution in [0.4, 0.5) is 0 Å². The summed E-state index contributed by atoms with van der Waals surface area (Å²) in [5.74, 6) is 0.785. The van der Waals surface area contributed by atoms with Crippen LogP contribution in [-0.4, -0.2) is 34.7 Å². The highest BCUT2D eigenvalue weighted by atomic mass is 16.3. The summed E-state index contributed by atoms with van der Waals surface area (Å²) in [4.78, 5) is 2.37. The Morgan fingerprint density at radius 1 is 1.14 bits per heavy atom. The molecule has 0 saturated carbocycles. The van der Waals surface area contributed by atoms with Crippen molar-refractivity contribution >= 4 is 0 Å². The van der Waals surface area contributed by atoms with E-state index in [0.717, 1.165) is 19.0 Å². The molecule has 1 aliphatic heterocycles. The van der Waals surface area contributed by atoms with Crippen LogP contribution < -0.4 is 0 Å². The zero-order valence-corrected chi connectivity index (χ0v) is 10.5. The smallest absolute Gasteiger partial charge is 0.0743 e. The van der Waals surface area contributed by atoms with E-state index in [1.165, 1.54) is 0 Å². The van der Waals surface area contributed by atoms with Crippen molar-refractivity contribution in [1.29, 1.82) is 0 Å². The molecular weight excluding hydrogens is 174 g/mol. The Labute approximate surface area is 88.3 Å². The third-order valence-electron chi connectivity index (χ3n) is 3.70. The Morgan fingerprint density at radius 3 is 1.86 bits per heavy atom. The third-order valence-corrected chi connectivity index (χ3v) is 3.70. The molecule has 1 N–H and O–H groups in total. The van der Waals surface area contributed by atoms with E-state index in [1.54, 1.807) is 0 Å². The molecule has 0 spiro atoms. The van der Waals surface area contributed by atoms with Crippen LogP contribution in [0.1, 0.15) is 41.5 Å². The van der Waals surface area contributed by atoms with Gasteiger partial charge < -0.3 is 5.11 Å². The van der Waals surface area contributed by atoms with Gasteiger partial charge >= 0.3 is 0 Å². The topological polar surface area (TPSA) is 23.5 Å². The molecular formula is C12H25NO. The Balaban J connectivity index is 2.42. The molecule has 1 saturated heterocycles. The molecule has 0 aromatic rings. The van der Waals surface area contributed by atoms with Crippen molar-refractivity contribution in [3.8, 4) is 0 Å². The molecule has 2 nitrogen and oxygen atoms in total. The first kappa shape index (κ1) is 12.0. The van der Waals surface area contributed by atoms with E-state index in [9.17, 15) is 5.11 Å². The average molecular weight is 199 g/mol. The van der Waals surface area contributed by atoms with Crippen LogP contribution in [0, 0.1) is 11.3 Å². The minimum Gasteiger partial charge on any atom is -0.389 e. The monoisotopic (exact) mass is 199 g/mol. The fourth-order valence-corrected chi connectivity index (χ4v) is 1.82. The summed E-state index contributed by atoms with van der Waals surface area (Å²) >= 11 is 0. The summed E-state index contributed by atoms with van der Waals surface area (Å²) in [7, 11) is 0. The van der Waals surface area contributed by atoms with Crippen LogP contribution in [0.15, 0.2) is 0 Å². The molecule has 1 aliphatic rings. The van der Waals surface area contributed by atoms with Gasteiger partial charge in [-0.15, -0.1) is 0 Å². The number of hydrogen-bond donors (Lipinski definition) is 1. The van der Waals surface area contributed by atoms with Gasteiger partial charge in [0.15, 0.2) is 0 Å². The van der Waals surface area contributed by atoms with Crippen molar-refractivity contribution in [2.45, 2.75) is 53.2 Å². The maximum Gasteiger partial charge on any atom is 0.0743 e. The lowest BCUT2D eigenvalue weighted by molar-refractivity contribution is -0.0777. The molecule has 1 fully saturated rings. The molecule has 0 aromatic heterocycles. The lowest BCUT2D eigenvalue weighted by atomic mass is 9.75. The van der Waals surface area contributed by atoms with Gasteiger partial charge in [0, 0.05) is 19.1 Å². The Bertz CT molecular complexity index is 193. The lowest BCUT2D eigenvalue weighted by Gasteiger charge is -2.51. The minimum absolute atomic E-state index is 0.265. The van der Waals surface area contributed by atoms with Crippen LogP contribution in [0.2, 0.25) is 0 Å². The quantitative estimate of drug-likeness (QED) is 0.736. The SMILES string of the molecule is CC(N1CC(C(C)(C)C)C1)C(C)(C)O. The van der Waals surface area contributed by atoms with Crippen LogP contribution in [0.5, 0.6) is 0 Å². The predicted octanol–water partition coefficient (Wildman–Crippen LogP) is 2.12. The van der Waals surface area contributed by atoms with Crippen LogP contribution >= 0.6 is 0 Å². The molecule has 14 heavy (non-hydrogen) atoms. The summed E-state index contributed by atoms with van der Waals surface area (Å²) in [6, 6.07) is 0.265. The highest BCUT2D eigenvalue weighted by Crippen LogP contribution is 2.36. The maximum atomic E-state index is 9.87. The van der Waals surface area contributed by atoms with Gasteiger partial charge in [-0.25, -0.2) is 0 Å². The largest absolute Gasteiger partial charge is 0.389 e. The lowest BCUT2D eigenvalue weighted by Crippen LogP contribution is -2.60. The Morgan fingerprint density at radius 2 is 1.57 bits per heavy atom. The van der Waals surface area contributed by atoms with Crippen LogP contribution in [-0.2, 0) is 0 Å². The number of likely N-dealkylation sites (tertiary alicyclic amines) is 1. The molecule has 0 radical (unpaired) electrons. The average Bonchev–Trinajstić information content (AvgIpc) is 1.77. The van der Waals surface area contributed by atoms with E-state index < -0.39 is 5.60 Å². The fraction of sp³-hybridized carbons (Fsp3) is 1.00. The summed E-state index contributed by atoms with van der Waals surface area (Å²) < 4.78 is 0. The molecule has 0 aliphatic carbocycles. The van der Waals surface area contributed by atoms with Gasteiger partial charge in [-0.2, -0.15) is 0 Å². The summed E-state index contributed by atoms with van der Waals surface area (Å²) in [5.41, 5.74) is -0.168.